The molecule has 0 N–H and O–H groups in total. The minimum Gasteiger partial charge on any atom is -0.310 e. The zero-order valence-electron chi connectivity index (χ0n) is 31.3. The fourth-order valence-electron chi connectivity index (χ4n) is 9.74. The molecule has 0 saturated heterocycles. The topological polar surface area (TPSA) is 12.6 Å². The average molecular weight is 756 g/mol. The van der Waals surface area contributed by atoms with Gasteiger partial charge in [-0.05, 0) is 84.4 Å². The quantitative estimate of drug-likeness (QED) is 0.170. The minimum atomic E-state index is 1.11. The lowest BCUT2D eigenvalue weighted by Crippen LogP contribution is -2.10. The van der Waals surface area contributed by atoms with Crippen molar-refractivity contribution in [3.63, 3.8) is 0 Å². The van der Waals surface area contributed by atoms with Gasteiger partial charge in [0.2, 0.25) is 0 Å². The molecule has 0 aliphatic heterocycles. The van der Waals surface area contributed by atoms with Crippen LogP contribution in [0.4, 0.5) is 17.1 Å². The molecule has 0 spiro atoms. The number of fused-ring (bicyclic) bond motifs is 12. The summed E-state index contributed by atoms with van der Waals surface area (Å²) in [6, 6.07) is 73.6. The van der Waals surface area contributed by atoms with Crippen molar-refractivity contribution in [3.8, 4) is 16.8 Å². The molecule has 0 amide bonds. The number of hydrogen-bond donors (Lipinski definition) is 0. The van der Waals surface area contributed by atoms with E-state index >= 15 is 0 Å². The molecule has 13 aromatic rings. The van der Waals surface area contributed by atoms with Crippen LogP contribution in [0, 0.1) is 0 Å². The molecule has 0 radical (unpaired) electrons. The van der Waals surface area contributed by atoms with Crippen molar-refractivity contribution in [1.29, 1.82) is 0 Å². The summed E-state index contributed by atoms with van der Waals surface area (Å²) in [6.07, 6.45) is 0. The summed E-state index contributed by atoms with van der Waals surface area (Å²) in [7, 11) is 0. The summed E-state index contributed by atoms with van der Waals surface area (Å²) in [5, 5.41) is 10.3. The van der Waals surface area contributed by atoms with E-state index in [1.165, 1.54) is 91.2 Å². The molecule has 0 aliphatic carbocycles. The van der Waals surface area contributed by atoms with E-state index in [-0.39, 0.29) is 0 Å². The van der Waals surface area contributed by atoms with E-state index in [1.807, 2.05) is 11.3 Å². The molecule has 13 rings (SSSR count). The summed E-state index contributed by atoms with van der Waals surface area (Å²) in [5.41, 5.74) is 13.1. The molecule has 0 bridgehead atoms. The fourth-order valence-corrected chi connectivity index (χ4v) is 10.8. The molecule has 0 unspecified atom stereocenters. The third kappa shape index (κ3) is 4.43. The second-order valence-electron chi connectivity index (χ2n) is 15.3. The largest absolute Gasteiger partial charge is 0.310 e. The third-order valence-corrected chi connectivity index (χ3v) is 13.4. The Labute approximate surface area is 337 Å². The predicted octanol–water partition coefficient (Wildman–Crippen LogP) is 15.4. The Morgan fingerprint density at radius 2 is 0.845 bits per heavy atom. The number of benzene rings is 9. The third-order valence-electron chi connectivity index (χ3n) is 12.2. The van der Waals surface area contributed by atoms with Crippen molar-refractivity contribution in [3.05, 3.63) is 200 Å². The summed E-state index contributed by atoms with van der Waals surface area (Å²) in [4.78, 5) is 2.40. The summed E-state index contributed by atoms with van der Waals surface area (Å²) < 4.78 is 7.48. The van der Waals surface area contributed by atoms with E-state index in [2.05, 4.69) is 214 Å². The first-order chi connectivity index (χ1) is 28.8. The summed E-state index contributed by atoms with van der Waals surface area (Å²) >= 11 is 1.86. The highest BCUT2D eigenvalue weighted by Gasteiger charge is 2.21. The predicted molar refractivity (Wildman–Crippen MR) is 248 cm³/mol. The van der Waals surface area contributed by atoms with Crippen LogP contribution in [0.3, 0.4) is 0 Å². The molecular formula is C54H33N3S. The van der Waals surface area contributed by atoms with Gasteiger partial charge in [-0.3, -0.25) is 0 Å². The standard InChI is InChI=1S/C54H33N3S/c1-5-19-48-40(11-1)41-12-2-6-20-49(41)56(48)37-29-27-36(28-30-37)55(38-31-32-52-47(33-38)43-14-4-8-22-51(43)58-52)35-25-23-34(24-26-35)39-15-9-17-45-46-18-10-16-44-42-13-3-7-21-50(42)57(53(39)45)54(44)46/h1-33H. The summed E-state index contributed by atoms with van der Waals surface area (Å²) in [6.45, 7) is 0. The van der Waals surface area contributed by atoms with E-state index < -0.39 is 0 Å². The molecule has 0 aliphatic rings. The van der Waals surface area contributed by atoms with Gasteiger partial charge in [0.1, 0.15) is 0 Å². The van der Waals surface area contributed by atoms with Crippen LogP contribution in [0.5, 0.6) is 0 Å². The number of anilines is 3. The van der Waals surface area contributed by atoms with Crippen LogP contribution >= 0.6 is 11.3 Å². The first-order valence-electron chi connectivity index (χ1n) is 19.8. The number of hydrogen-bond acceptors (Lipinski definition) is 2. The molecule has 0 saturated carbocycles. The van der Waals surface area contributed by atoms with Crippen molar-refractivity contribution in [2.24, 2.45) is 0 Å². The Kier molecular flexibility index (Phi) is 6.60. The van der Waals surface area contributed by atoms with Crippen LogP contribution in [0.1, 0.15) is 0 Å². The highest BCUT2D eigenvalue weighted by molar-refractivity contribution is 7.25. The molecule has 270 valence electrons. The van der Waals surface area contributed by atoms with Crippen LogP contribution in [0.2, 0.25) is 0 Å². The van der Waals surface area contributed by atoms with Crippen LogP contribution in [0.15, 0.2) is 200 Å². The van der Waals surface area contributed by atoms with Crippen molar-refractivity contribution in [2.45, 2.75) is 0 Å². The number of para-hydroxylation sites is 5. The van der Waals surface area contributed by atoms with E-state index in [0.717, 1.165) is 22.7 Å². The molecule has 9 aromatic carbocycles. The Morgan fingerprint density at radius 1 is 0.345 bits per heavy atom. The Morgan fingerprint density at radius 3 is 1.55 bits per heavy atom. The highest BCUT2D eigenvalue weighted by Crippen LogP contribution is 2.45. The molecule has 0 atom stereocenters. The molecule has 58 heavy (non-hydrogen) atoms. The lowest BCUT2D eigenvalue weighted by atomic mass is 10.0. The maximum atomic E-state index is 2.49. The molecule has 4 aromatic heterocycles. The van der Waals surface area contributed by atoms with E-state index in [9.17, 15) is 0 Å². The number of rotatable bonds is 5. The van der Waals surface area contributed by atoms with Gasteiger partial charge >= 0.3 is 0 Å². The Balaban J connectivity index is 0.980. The first kappa shape index (κ1) is 31.8. The lowest BCUT2D eigenvalue weighted by molar-refractivity contribution is 1.17. The molecule has 4 heteroatoms. The maximum Gasteiger partial charge on any atom is 0.0620 e. The smallest absolute Gasteiger partial charge is 0.0620 e. The van der Waals surface area contributed by atoms with Crippen LogP contribution in [-0.4, -0.2) is 8.97 Å². The average Bonchev–Trinajstić information content (AvgIpc) is 4.03. The van der Waals surface area contributed by atoms with Crippen molar-refractivity contribution < 1.29 is 0 Å². The van der Waals surface area contributed by atoms with Gasteiger partial charge in [-0.15, -0.1) is 11.3 Å². The monoisotopic (exact) mass is 755 g/mol. The first-order valence-corrected chi connectivity index (χ1v) is 20.7. The molecule has 3 nitrogen and oxygen atoms in total. The second-order valence-corrected chi connectivity index (χ2v) is 16.4. The van der Waals surface area contributed by atoms with Crippen LogP contribution in [-0.2, 0) is 0 Å². The summed E-state index contributed by atoms with van der Waals surface area (Å²) in [5.74, 6) is 0. The molecule has 4 heterocycles. The minimum absolute atomic E-state index is 1.11. The molecular weight excluding hydrogens is 723 g/mol. The number of aromatic nitrogens is 2. The van der Waals surface area contributed by atoms with Gasteiger partial charge in [-0.1, -0.05) is 121 Å². The lowest BCUT2D eigenvalue weighted by Gasteiger charge is -2.26. The Bertz CT molecular complexity index is 3680. The fraction of sp³-hybridized carbons (Fsp3) is 0. The second kappa shape index (κ2) is 12.1. The van der Waals surface area contributed by atoms with E-state index in [4.69, 9.17) is 0 Å². The van der Waals surface area contributed by atoms with Gasteiger partial charge in [-0.25, -0.2) is 0 Å². The van der Waals surface area contributed by atoms with Gasteiger partial charge in [0.15, 0.2) is 0 Å². The highest BCUT2D eigenvalue weighted by atomic mass is 32.1. The normalized spacial score (nSPS) is 12.1. The van der Waals surface area contributed by atoms with Crippen LogP contribution in [0.25, 0.3) is 96.9 Å². The van der Waals surface area contributed by atoms with Gasteiger partial charge < -0.3 is 13.9 Å². The van der Waals surface area contributed by atoms with E-state index in [0.29, 0.717) is 0 Å². The van der Waals surface area contributed by atoms with Gasteiger partial charge in [0.25, 0.3) is 0 Å². The van der Waals surface area contributed by atoms with Crippen molar-refractivity contribution >= 4 is 108 Å². The maximum absolute atomic E-state index is 2.49. The van der Waals surface area contributed by atoms with Crippen LogP contribution < -0.4 is 4.90 Å². The van der Waals surface area contributed by atoms with Gasteiger partial charge in [0.05, 0.1) is 27.6 Å². The van der Waals surface area contributed by atoms with Crippen molar-refractivity contribution in [1.82, 2.24) is 8.97 Å². The number of nitrogens with zero attached hydrogens (tertiary/aromatic N) is 3. The van der Waals surface area contributed by atoms with Gasteiger partial charge in [0, 0.05) is 80.8 Å². The zero-order valence-corrected chi connectivity index (χ0v) is 32.1. The number of thiophene rings is 1. The SMILES string of the molecule is c1ccc2c(c1)sc1ccc(N(c3ccc(-c4cccc5c6cccc7c8ccccc8n(c45)c76)cc3)c3ccc(-n4c5ccccc5c5ccccc54)cc3)cc12. The molecule has 0 fully saturated rings. The van der Waals surface area contributed by atoms with E-state index in [1.54, 1.807) is 0 Å². The Hall–Kier alpha value is -7.40. The zero-order chi connectivity index (χ0) is 37.9. The van der Waals surface area contributed by atoms with Crippen molar-refractivity contribution in [2.75, 3.05) is 4.90 Å². The van der Waals surface area contributed by atoms with Gasteiger partial charge in [-0.2, -0.15) is 0 Å².